The van der Waals surface area contributed by atoms with Gasteiger partial charge in [0.15, 0.2) is 0 Å². The lowest BCUT2D eigenvalue weighted by molar-refractivity contribution is 1.16. The summed E-state index contributed by atoms with van der Waals surface area (Å²) in [5, 5.41) is 0. The largest absolute Gasteiger partial charge is 0.0805 e. The minimum absolute atomic E-state index is 1.18. The smallest absolute Gasteiger partial charge is 0.0175 e. The third kappa shape index (κ3) is 2.91. The molecule has 118 valence electrons. The van der Waals surface area contributed by atoms with Gasteiger partial charge in [-0.2, -0.15) is 0 Å². The second-order valence-electron chi connectivity index (χ2n) is 5.89. The van der Waals surface area contributed by atoms with Gasteiger partial charge in [-0.25, -0.2) is 0 Å². The monoisotopic (exact) mass is 340 g/mol. The van der Waals surface area contributed by atoms with Gasteiger partial charge in [0.25, 0.3) is 0 Å². The highest BCUT2D eigenvalue weighted by molar-refractivity contribution is 8.51. The maximum Gasteiger partial charge on any atom is 0.0175 e. The molecule has 0 nitrogen and oxygen atoms in total. The molecule has 3 aromatic rings. The van der Waals surface area contributed by atoms with Crippen LogP contribution in [0.4, 0.5) is 0 Å². The van der Waals surface area contributed by atoms with Crippen LogP contribution in [0, 0.1) is 20.8 Å². The SMILES string of the molecule is Cc1cc(C)c(S(Cl)(c2ccccc2)c2ccccc2)c(C)c1. The molecule has 0 spiro atoms. The van der Waals surface area contributed by atoms with Gasteiger partial charge in [-0.15, -0.1) is 0 Å². The number of hydrogen-bond donors (Lipinski definition) is 0. The number of rotatable bonds is 3. The Morgan fingerprint density at radius 3 is 1.43 bits per heavy atom. The van der Waals surface area contributed by atoms with Crippen LogP contribution in [-0.4, -0.2) is 0 Å². The van der Waals surface area contributed by atoms with E-state index in [0.717, 1.165) is 0 Å². The van der Waals surface area contributed by atoms with E-state index in [1.807, 2.05) is 12.1 Å². The van der Waals surface area contributed by atoms with Crippen molar-refractivity contribution in [2.24, 2.45) is 0 Å². The fourth-order valence-corrected chi connectivity index (χ4v) is 7.36. The summed E-state index contributed by atoms with van der Waals surface area (Å²) in [7, 11) is 5.68. The quantitative estimate of drug-likeness (QED) is 0.479. The van der Waals surface area contributed by atoms with E-state index in [4.69, 9.17) is 10.7 Å². The average molecular weight is 341 g/mol. The third-order valence-electron chi connectivity index (χ3n) is 4.02. The van der Waals surface area contributed by atoms with Gasteiger partial charge in [-0.1, -0.05) is 74.0 Å². The lowest BCUT2D eigenvalue weighted by Gasteiger charge is -2.37. The molecule has 3 rings (SSSR count). The molecule has 0 saturated carbocycles. The van der Waals surface area contributed by atoms with E-state index in [2.05, 4.69) is 81.4 Å². The Morgan fingerprint density at radius 2 is 1.04 bits per heavy atom. The summed E-state index contributed by atoms with van der Waals surface area (Å²) in [6.07, 6.45) is 0. The Kier molecular flexibility index (Phi) is 4.52. The van der Waals surface area contributed by atoms with Gasteiger partial charge in [0, 0.05) is 14.7 Å². The summed E-state index contributed by atoms with van der Waals surface area (Å²) in [6, 6.07) is 25.4. The van der Waals surface area contributed by atoms with Crippen LogP contribution in [0.15, 0.2) is 87.5 Å². The van der Waals surface area contributed by atoms with Crippen molar-refractivity contribution in [3.63, 3.8) is 0 Å². The number of hydrogen-bond acceptors (Lipinski definition) is 0. The van der Waals surface area contributed by atoms with Crippen LogP contribution in [0.2, 0.25) is 0 Å². The first-order valence-electron chi connectivity index (χ1n) is 7.74. The molecule has 0 unspecified atom stereocenters. The van der Waals surface area contributed by atoms with Crippen LogP contribution in [0.3, 0.4) is 0 Å². The van der Waals surface area contributed by atoms with Crippen LogP contribution in [0.25, 0.3) is 0 Å². The van der Waals surface area contributed by atoms with Crippen LogP contribution in [-0.2, 0) is 0 Å². The van der Waals surface area contributed by atoms with Crippen molar-refractivity contribution in [1.29, 1.82) is 0 Å². The topological polar surface area (TPSA) is 0 Å². The van der Waals surface area contributed by atoms with Gasteiger partial charge in [0.05, 0.1) is 0 Å². The third-order valence-corrected chi connectivity index (χ3v) is 8.60. The van der Waals surface area contributed by atoms with Crippen LogP contribution >= 0.6 is 19.9 Å². The average Bonchev–Trinajstić information content (AvgIpc) is 2.55. The predicted molar refractivity (Wildman–Crippen MR) is 102 cm³/mol. The van der Waals surface area contributed by atoms with E-state index in [1.165, 1.54) is 31.4 Å². The molecule has 0 aromatic heterocycles. The molecular weight excluding hydrogens is 320 g/mol. The Hall–Kier alpha value is -1.70. The summed E-state index contributed by atoms with van der Waals surface area (Å²) < 4.78 is 0. The highest BCUT2D eigenvalue weighted by Crippen LogP contribution is 2.73. The zero-order valence-electron chi connectivity index (χ0n) is 13.7. The Morgan fingerprint density at radius 1 is 0.652 bits per heavy atom. The minimum Gasteiger partial charge on any atom is -0.0805 e. The van der Waals surface area contributed by atoms with E-state index in [9.17, 15) is 0 Å². The van der Waals surface area contributed by atoms with E-state index in [1.54, 1.807) is 0 Å². The van der Waals surface area contributed by atoms with Crippen molar-refractivity contribution < 1.29 is 0 Å². The summed E-state index contributed by atoms with van der Waals surface area (Å²) in [5.41, 5.74) is 3.81. The highest BCUT2D eigenvalue weighted by atomic mass is 35.7. The Bertz CT molecular complexity index is 747. The fraction of sp³-hybridized carbons (Fsp3) is 0.143. The van der Waals surface area contributed by atoms with Gasteiger partial charge in [0.2, 0.25) is 0 Å². The molecule has 0 heterocycles. The zero-order chi connectivity index (χ0) is 16.4. The van der Waals surface area contributed by atoms with Crippen LogP contribution in [0.5, 0.6) is 0 Å². The van der Waals surface area contributed by atoms with Gasteiger partial charge >= 0.3 is 0 Å². The summed E-state index contributed by atoms with van der Waals surface area (Å²) in [5.74, 6) is 0. The molecular formula is C21H21ClS. The maximum absolute atomic E-state index is 7.46. The molecule has 0 atom stereocenters. The van der Waals surface area contributed by atoms with Crippen molar-refractivity contribution in [1.82, 2.24) is 0 Å². The van der Waals surface area contributed by atoms with E-state index in [0.29, 0.717) is 0 Å². The molecule has 0 aliphatic heterocycles. The van der Waals surface area contributed by atoms with Crippen LogP contribution in [0.1, 0.15) is 16.7 Å². The summed E-state index contributed by atoms with van der Waals surface area (Å²) in [6.45, 7) is 6.48. The zero-order valence-corrected chi connectivity index (χ0v) is 15.3. The first-order chi connectivity index (χ1) is 11.0. The molecule has 23 heavy (non-hydrogen) atoms. The molecule has 0 fully saturated rings. The fourth-order valence-electron chi connectivity index (χ4n) is 3.20. The molecule has 0 bridgehead atoms. The number of aryl methyl sites for hydroxylation is 3. The van der Waals surface area contributed by atoms with E-state index < -0.39 is 9.24 Å². The molecule has 0 amide bonds. The molecule has 0 N–H and O–H groups in total. The number of benzene rings is 3. The lowest BCUT2D eigenvalue weighted by atomic mass is 10.1. The first-order valence-corrected chi connectivity index (χ1v) is 10.2. The highest BCUT2D eigenvalue weighted by Gasteiger charge is 2.31. The van der Waals surface area contributed by atoms with Gasteiger partial charge in [-0.05, 0) is 56.2 Å². The second kappa shape index (κ2) is 6.43. The number of halogens is 1. The van der Waals surface area contributed by atoms with Gasteiger partial charge in [-0.3, -0.25) is 0 Å². The van der Waals surface area contributed by atoms with Crippen molar-refractivity contribution in [3.05, 3.63) is 89.5 Å². The summed E-state index contributed by atoms with van der Waals surface area (Å²) >= 11 is 0. The molecule has 0 aliphatic rings. The predicted octanol–water partition coefficient (Wildman–Crippen LogP) is 7.05. The molecule has 0 aliphatic carbocycles. The van der Waals surface area contributed by atoms with E-state index in [-0.39, 0.29) is 0 Å². The van der Waals surface area contributed by atoms with Crippen molar-refractivity contribution in [3.8, 4) is 0 Å². The van der Waals surface area contributed by atoms with Gasteiger partial charge < -0.3 is 0 Å². The maximum atomic E-state index is 7.46. The summed E-state index contributed by atoms with van der Waals surface area (Å²) in [4.78, 5) is 3.63. The normalized spacial score (nSPS) is 12.2. The van der Waals surface area contributed by atoms with Gasteiger partial charge in [0.1, 0.15) is 0 Å². The van der Waals surface area contributed by atoms with Crippen molar-refractivity contribution >= 4 is 19.9 Å². The molecule has 3 aromatic carbocycles. The van der Waals surface area contributed by atoms with E-state index >= 15 is 0 Å². The van der Waals surface area contributed by atoms with Crippen LogP contribution < -0.4 is 0 Å². The van der Waals surface area contributed by atoms with Crippen molar-refractivity contribution in [2.45, 2.75) is 35.5 Å². The Balaban J connectivity index is 2.35. The molecule has 0 saturated heterocycles. The molecule has 0 radical (unpaired) electrons. The standard InChI is InChI=1S/C21H21ClS/c1-16-14-17(2)21(18(3)15-16)23(22,19-10-6-4-7-11-19)20-12-8-5-9-13-20/h4-15H,1-3H3. The molecule has 2 heteroatoms. The minimum atomic E-state index is -1.78. The van der Waals surface area contributed by atoms with Crippen molar-refractivity contribution in [2.75, 3.05) is 0 Å². The lowest BCUT2D eigenvalue weighted by Crippen LogP contribution is -2.02. The Labute approximate surface area is 145 Å². The second-order valence-corrected chi connectivity index (χ2v) is 9.71. The first kappa shape index (κ1) is 16.2.